The van der Waals surface area contributed by atoms with Gasteiger partial charge >= 0.3 is 6.03 Å². The summed E-state index contributed by atoms with van der Waals surface area (Å²) in [6.45, 7) is 1.00. The lowest BCUT2D eigenvalue weighted by Gasteiger charge is -2.09. The van der Waals surface area contributed by atoms with E-state index in [1.807, 2.05) is 30.3 Å². The van der Waals surface area contributed by atoms with Gasteiger partial charge in [0.25, 0.3) is 0 Å². The van der Waals surface area contributed by atoms with Crippen molar-refractivity contribution < 1.29 is 17.9 Å². The van der Waals surface area contributed by atoms with Crippen molar-refractivity contribution in [1.82, 2.24) is 10.6 Å². The van der Waals surface area contributed by atoms with Crippen molar-refractivity contribution in [1.29, 1.82) is 0 Å². The average Bonchev–Trinajstić information content (AvgIpc) is 2.57. The number of ether oxygens (including phenoxy) is 1. The fourth-order valence-corrected chi connectivity index (χ4v) is 2.41. The van der Waals surface area contributed by atoms with Gasteiger partial charge in [-0.05, 0) is 29.8 Å². The minimum atomic E-state index is -3.70. The van der Waals surface area contributed by atoms with Crippen molar-refractivity contribution >= 4 is 16.1 Å². The quantitative estimate of drug-likeness (QED) is 0.653. The summed E-state index contributed by atoms with van der Waals surface area (Å²) >= 11 is 0. The zero-order valence-corrected chi connectivity index (χ0v) is 13.8. The summed E-state index contributed by atoms with van der Waals surface area (Å²) in [6.07, 6.45) is 0. The second kappa shape index (κ2) is 8.32. The zero-order valence-electron chi connectivity index (χ0n) is 12.9. The van der Waals surface area contributed by atoms with Crippen LogP contribution in [-0.4, -0.2) is 27.6 Å². The molecule has 0 saturated heterocycles. The summed E-state index contributed by atoms with van der Waals surface area (Å²) in [5.74, 6) is 0.745. The van der Waals surface area contributed by atoms with Gasteiger partial charge in [0.1, 0.15) is 12.4 Å². The lowest BCUT2D eigenvalue weighted by molar-refractivity contribution is 0.236. The van der Waals surface area contributed by atoms with E-state index in [1.165, 1.54) is 12.1 Å². The smallest absolute Gasteiger partial charge is 0.315 e. The molecule has 4 N–H and O–H groups in total. The van der Waals surface area contributed by atoms with Crippen LogP contribution in [0.1, 0.15) is 5.56 Å². The van der Waals surface area contributed by atoms with Gasteiger partial charge in [0.05, 0.1) is 11.4 Å². The number of para-hydroxylation sites is 1. The van der Waals surface area contributed by atoms with Gasteiger partial charge in [-0.1, -0.05) is 30.3 Å². The molecule has 0 bridgehead atoms. The number of carbonyl (C=O) groups is 1. The number of rotatable bonds is 7. The van der Waals surface area contributed by atoms with Crippen LogP contribution in [0.3, 0.4) is 0 Å². The number of sulfonamides is 1. The normalized spacial score (nSPS) is 10.9. The van der Waals surface area contributed by atoms with Gasteiger partial charge in [0, 0.05) is 6.54 Å². The second-order valence-electron chi connectivity index (χ2n) is 4.96. The topological polar surface area (TPSA) is 111 Å². The number of nitrogens with one attached hydrogen (secondary N) is 2. The molecule has 0 aliphatic carbocycles. The van der Waals surface area contributed by atoms with Crippen LogP contribution in [0.5, 0.6) is 5.75 Å². The van der Waals surface area contributed by atoms with Crippen molar-refractivity contribution in [2.75, 3.05) is 13.2 Å². The highest BCUT2D eigenvalue weighted by Crippen LogP contribution is 2.08. The van der Waals surface area contributed by atoms with Gasteiger partial charge in [0.2, 0.25) is 10.0 Å². The van der Waals surface area contributed by atoms with Crippen LogP contribution in [0.25, 0.3) is 0 Å². The van der Waals surface area contributed by atoms with Gasteiger partial charge in [-0.15, -0.1) is 0 Å². The Morgan fingerprint density at radius 1 is 1.00 bits per heavy atom. The summed E-state index contributed by atoms with van der Waals surface area (Å²) in [7, 11) is -3.70. The van der Waals surface area contributed by atoms with E-state index in [4.69, 9.17) is 9.88 Å². The first kappa shape index (κ1) is 17.8. The Kier molecular flexibility index (Phi) is 6.16. The molecular formula is C16H19N3O4S. The Hall–Kier alpha value is -2.58. The molecular weight excluding hydrogens is 330 g/mol. The van der Waals surface area contributed by atoms with Crippen LogP contribution in [0.4, 0.5) is 4.79 Å². The number of primary sulfonamides is 1. The number of nitrogens with two attached hydrogens (primary N) is 1. The largest absolute Gasteiger partial charge is 0.492 e. The highest BCUT2D eigenvalue weighted by Gasteiger charge is 2.07. The molecule has 8 heteroatoms. The van der Waals surface area contributed by atoms with Crippen LogP contribution < -0.4 is 20.5 Å². The third-order valence-electron chi connectivity index (χ3n) is 3.10. The van der Waals surface area contributed by atoms with Crippen molar-refractivity contribution in [2.24, 2.45) is 5.14 Å². The summed E-state index contributed by atoms with van der Waals surface area (Å²) in [5.41, 5.74) is 0.762. The number of urea groups is 1. The van der Waals surface area contributed by atoms with Crippen molar-refractivity contribution in [3.05, 3.63) is 60.2 Å². The molecule has 0 heterocycles. The maximum Gasteiger partial charge on any atom is 0.315 e. The van der Waals surface area contributed by atoms with Gasteiger partial charge in [-0.2, -0.15) is 0 Å². The van der Waals surface area contributed by atoms with Crippen LogP contribution in [0.15, 0.2) is 59.5 Å². The van der Waals surface area contributed by atoms with Crippen LogP contribution >= 0.6 is 0 Å². The fourth-order valence-electron chi connectivity index (χ4n) is 1.89. The Labute approximate surface area is 140 Å². The lowest BCUT2D eigenvalue weighted by Crippen LogP contribution is -2.37. The molecule has 0 radical (unpaired) electrons. The van der Waals surface area contributed by atoms with Crippen molar-refractivity contribution in [3.8, 4) is 5.75 Å². The Balaban J connectivity index is 1.67. The van der Waals surface area contributed by atoms with Crippen molar-refractivity contribution in [2.45, 2.75) is 11.4 Å². The minimum absolute atomic E-state index is 0.0359. The van der Waals surface area contributed by atoms with E-state index in [-0.39, 0.29) is 17.5 Å². The molecule has 2 aromatic rings. The maximum absolute atomic E-state index is 11.7. The SMILES string of the molecule is NS(=O)(=O)c1ccc(CNC(=O)NCCOc2ccccc2)cc1. The van der Waals surface area contributed by atoms with Gasteiger partial charge < -0.3 is 15.4 Å². The van der Waals surface area contributed by atoms with E-state index in [9.17, 15) is 13.2 Å². The fraction of sp³-hybridized carbons (Fsp3) is 0.188. The molecule has 0 aliphatic heterocycles. The highest BCUT2D eigenvalue weighted by molar-refractivity contribution is 7.89. The molecule has 2 aromatic carbocycles. The van der Waals surface area contributed by atoms with Crippen molar-refractivity contribution in [3.63, 3.8) is 0 Å². The van der Waals surface area contributed by atoms with E-state index >= 15 is 0 Å². The Morgan fingerprint density at radius 2 is 1.67 bits per heavy atom. The number of amides is 2. The molecule has 0 saturated carbocycles. The molecule has 2 rings (SSSR count). The van der Waals surface area contributed by atoms with Crippen LogP contribution in [-0.2, 0) is 16.6 Å². The molecule has 2 amide bonds. The second-order valence-corrected chi connectivity index (χ2v) is 6.52. The van der Waals surface area contributed by atoms with E-state index in [2.05, 4.69) is 10.6 Å². The standard InChI is InChI=1S/C16H19N3O4S/c17-24(21,22)15-8-6-13(7-9-15)12-19-16(20)18-10-11-23-14-4-2-1-3-5-14/h1-9H,10-12H2,(H2,17,21,22)(H2,18,19,20). The minimum Gasteiger partial charge on any atom is -0.492 e. The van der Waals surface area contributed by atoms with Crippen LogP contribution in [0.2, 0.25) is 0 Å². The molecule has 0 aromatic heterocycles. The summed E-state index contributed by atoms with van der Waals surface area (Å²) in [6, 6.07) is 15.0. The van der Waals surface area contributed by atoms with Gasteiger partial charge in [-0.3, -0.25) is 0 Å². The maximum atomic E-state index is 11.7. The number of hydrogen-bond donors (Lipinski definition) is 3. The summed E-state index contributed by atoms with van der Waals surface area (Å²) in [4.78, 5) is 11.7. The van der Waals surface area contributed by atoms with Gasteiger partial charge in [-0.25, -0.2) is 18.4 Å². The first-order valence-electron chi connectivity index (χ1n) is 7.26. The summed E-state index contributed by atoms with van der Waals surface area (Å²) < 4.78 is 27.7. The predicted molar refractivity (Wildman–Crippen MR) is 90.0 cm³/mol. The van der Waals surface area contributed by atoms with E-state index in [0.717, 1.165) is 11.3 Å². The Bertz CT molecular complexity index is 762. The molecule has 7 nitrogen and oxygen atoms in total. The zero-order chi connectivity index (χ0) is 17.4. The number of carbonyl (C=O) groups excluding carboxylic acids is 1. The molecule has 128 valence electrons. The van der Waals surface area contributed by atoms with E-state index in [1.54, 1.807) is 12.1 Å². The predicted octanol–water partition coefficient (Wildman–Crippen LogP) is 1.21. The Morgan fingerprint density at radius 3 is 2.29 bits per heavy atom. The average molecular weight is 349 g/mol. The van der Waals surface area contributed by atoms with Crippen LogP contribution in [0, 0.1) is 0 Å². The molecule has 24 heavy (non-hydrogen) atoms. The molecule has 0 unspecified atom stereocenters. The van der Waals surface area contributed by atoms with E-state index < -0.39 is 10.0 Å². The highest BCUT2D eigenvalue weighted by atomic mass is 32.2. The monoisotopic (exact) mass is 349 g/mol. The van der Waals surface area contributed by atoms with E-state index in [0.29, 0.717) is 13.2 Å². The molecule has 0 atom stereocenters. The molecule has 0 aliphatic rings. The lowest BCUT2D eigenvalue weighted by atomic mass is 10.2. The summed E-state index contributed by atoms with van der Waals surface area (Å²) in [5, 5.41) is 10.4. The first-order chi connectivity index (χ1) is 11.4. The van der Waals surface area contributed by atoms with Gasteiger partial charge in [0.15, 0.2) is 0 Å². The number of benzene rings is 2. The molecule has 0 spiro atoms. The molecule has 0 fully saturated rings. The third-order valence-corrected chi connectivity index (χ3v) is 4.03. The number of hydrogen-bond acceptors (Lipinski definition) is 4. The first-order valence-corrected chi connectivity index (χ1v) is 8.81. The third kappa shape index (κ3) is 5.90.